The van der Waals surface area contributed by atoms with Crippen molar-refractivity contribution < 1.29 is 13.9 Å². The van der Waals surface area contributed by atoms with E-state index in [2.05, 4.69) is 17.1 Å². The molecule has 1 unspecified atom stereocenters. The van der Waals surface area contributed by atoms with E-state index in [0.29, 0.717) is 18.0 Å². The molecule has 1 amide bonds. The highest BCUT2D eigenvalue weighted by Crippen LogP contribution is 2.22. The third-order valence-electron chi connectivity index (χ3n) is 4.62. The summed E-state index contributed by atoms with van der Waals surface area (Å²) in [6, 6.07) is 13.9. The van der Waals surface area contributed by atoms with Crippen LogP contribution in [0, 0.1) is 0 Å². The molecular weight excluding hydrogens is 360 g/mol. The lowest BCUT2D eigenvalue weighted by Gasteiger charge is -2.24. The number of amides is 1. The van der Waals surface area contributed by atoms with Crippen LogP contribution >= 0.6 is 11.3 Å². The molecule has 1 fully saturated rings. The van der Waals surface area contributed by atoms with Gasteiger partial charge in [-0.2, -0.15) is 0 Å². The first-order chi connectivity index (χ1) is 13.3. The van der Waals surface area contributed by atoms with Crippen LogP contribution < -0.4 is 0 Å². The van der Waals surface area contributed by atoms with Crippen molar-refractivity contribution in [1.82, 2.24) is 9.88 Å². The molecule has 1 atom stereocenters. The minimum Gasteiger partial charge on any atom is -0.467 e. The van der Waals surface area contributed by atoms with E-state index in [9.17, 15) is 4.79 Å². The number of hydrogen-bond donors (Lipinski definition) is 0. The van der Waals surface area contributed by atoms with E-state index in [1.54, 1.807) is 12.5 Å². The van der Waals surface area contributed by atoms with Gasteiger partial charge in [0, 0.05) is 19.6 Å². The Bertz CT molecular complexity index is 855. The van der Waals surface area contributed by atoms with Crippen molar-refractivity contribution in [3.8, 4) is 0 Å². The van der Waals surface area contributed by atoms with Gasteiger partial charge in [0.25, 0.3) is 5.91 Å². The standard InChI is InChI=1S/C21H22N2O3S/c24-21(19-13-22-20(27-19)12-16-6-2-1-3-7-16)23(14-17-8-4-10-25-17)15-18-9-5-11-26-18/h1-4,6-8,10,13,18H,5,9,11-12,14-15H2. The van der Waals surface area contributed by atoms with Gasteiger partial charge in [-0.15, -0.1) is 11.3 Å². The minimum absolute atomic E-state index is 0.0151. The van der Waals surface area contributed by atoms with Gasteiger partial charge in [0.05, 0.1) is 30.1 Å². The fraction of sp³-hybridized carbons (Fsp3) is 0.333. The second-order valence-electron chi connectivity index (χ2n) is 6.68. The van der Waals surface area contributed by atoms with Gasteiger partial charge in [-0.05, 0) is 30.5 Å². The van der Waals surface area contributed by atoms with Gasteiger partial charge in [-0.1, -0.05) is 30.3 Å². The molecule has 0 radical (unpaired) electrons. The van der Waals surface area contributed by atoms with Crippen LogP contribution in [0.1, 0.15) is 38.8 Å². The van der Waals surface area contributed by atoms with Crippen LogP contribution in [0.2, 0.25) is 0 Å². The second kappa shape index (κ2) is 8.50. The predicted molar refractivity (Wildman–Crippen MR) is 104 cm³/mol. The molecule has 1 aliphatic heterocycles. The normalized spacial score (nSPS) is 16.5. The first-order valence-corrected chi connectivity index (χ1v) is 10.0. The first-order valence-electron chi connectivity index (χ1n) is 9.20. The minimum atomic E-state index is -0.0151. The molecule has 3 aromatic rings. The van der Waals surface area contributed by atoms with Crippen molar-refractivity contribution >= 4 is 17.2 Å². The number of nitrogens with zero attached hydrogens (tertiary/aromatic N) is 2. The first kappa shape index (κ1) is 17.9. The Morgan fingerprint density at radius 1 is 1.22 bits per heavy atom. The lowest BCUT2D eigenvalue weighted by Crippen LogP contribution is -2.36. The summed E-state index contributed by atoms with van der Waals surface area (Å²) in [5.41, 5.74) is 1.19. The van der Waals surface area contributed by atoms with Crippen LogP contribution in [0.5, 0.6) is 0 Å². The Balaban J connectivity index is 1.48. The summed E-state index contributed by atoms with van der Waals surface area (Å²) in [5, 5.41) is 0.944. The van der Waals surface area contributed by atoms with Gasteiger partial charge in [-0.25, -0.2) is 4.98 Å². The Labute approximate surface area is 162 Å². The Morgan fingerprint density at radius 3 is 2.85 bits per heavy atom. The number of furan rings is 1. The van der Waals surface area contributed by atoms with Crippen LogP contribution in [-0.4, -0.2) is 35.0 Å². The third kappa shape index (κ3) is 4.64. The molecule has 140 valence electrons. The van der Waals surface area contributed by atoms with Gasteiger partial charge < -0.3 is 14.1 Å². The summed E-state index contributed by atoms with van der Waals surface area (Å²) >= 11 is 1.46. The van der Waals surface area contributed by atoms with Crippen molar-refractivity contribution in [1.29, 1.82) is 0 Å². The zero-order valence-corrected chi connectivity index (χ0v) is 15.9. The van der Waals surface area contributed by atoms with Crippen LogP contribution in [0.4, 0.5) is 0 Å². The van der Waals surface area contributed by atoms with Gasteiger partial charge >= 0.3 is 0 Å². The second-order valence-corrected chi connectivity index (χ2v) is 7.80. The van der Waals surface area contributed by atoms with Crippen molar-refractivity contribution in [2.24, 2.45) is 0 Å². The van der Waals surface area contributed by atoms with Crippen molar-refractivity contribution in [3.63, 3.8) is 0 Å². The molecule has 0 aliphatic carbocycles. The highest BCUT2D eigenvalue weighted by atomic mass is 32.1. The summed E-state index contributed by atoms with van der Waals surface area (Å²) in [6.45, 7) is 1.79. The van der Waals surface area contributed by atoms with E-state index >= 15 is 0 Å². The molecule has 1 aromatic carbocycles. The lowest BCUT2D eigenvalue weighted by molar-refractivity contribution is 0.0495. The molecule has 5 nitrogen and oxygen atoms in total. The number of benzene rings is 1. The van der Waals surface area contributed by atoms with Gasteiger partial charge in [0.2, 0.25) is 0 Å². The van der Waals surface area contributed by atoms with Crippen LogP contribution in [-0.2, 0) is 17.7 Å². The number of hydrogen-bond acceptors (Lipinski definition) is 5. The number of ether oxygens (including phenoxy) is 1. The quantitative estimate of drug-likeness (QED) is 0.616. The molecule has 0 saturated carbocycles. The van der Waals surface area contributed by atoms with Crippen LogP contribution in [0.25, 0.3) is 0 Å². The fourth-order valence-corrected chi connectivity index (χ4v) is 4.18. The maximum Gasteiger partial charge on any atom is 0.266 e. The van der Waals surface area contributed by atoms with E-state index in [4.69, 9.17) is 9.15 Å². The maximum absolute atomic E-state index is 13.1. The van der Waals surface area contributed by atoms with Crippen molar-refractivity contribution in [2.75, 3.05) is 13.2 Å². The van der Waals surface area contributed by atoms with Gasteiger partial charge in [0.1, 0.15) is 10.6 Å². The lowest BCUT2D eigenvalue weighted by atomic mass is 10.2. The fourth-order valence-electron chi connectivity index (χ4n) is 3.26. The SMILES string of the molecule is O=C(c1cnc(Cc2ccccc2)s1)N(Cc1ccco1)CC1CCCO1. The number of rotatable bonds is 7. The summed E-state index contributed by atoms with van der Waals surface area (Å²) in [7, 11) is 0. The van der Waals surface area contributed by atoms with E-state index in [1.807, 2.05) is 35.2 Å². The summed E-state index contributed by atoms with van der Waals surface area (Å²) < 4.78 is 11.2. The largest absolute Gasteiger partial charge is 0.467 e. The zero-order valence-electron chi connectivity index (χ0n) is 15.0. The summed E-state index contributed by atoms with van der Waals surface area (Å²) in [5.74, 6) is 0.758. The monoisotopic (exact) mass is 382 g/mol. The molecule has 3 heterocycles. The molecule has 1 aliphatic rings. The summed E-state index contributed by atoms with van der Waals surface area (Å²) in [4.78, 5) is 20.1. The molecular formula is C21H22N2O3S. The number of thiazole rings is 1. The number of carbonyl (C=O) groups excluding carboxylic acids is 1. The highest BCUT2D eigenvalue weighted by molar-refractivity contribution is 7.13. The molecule has 6 heteroatoms. The van der Waals surface area contributed by atoms with Crippen LogP contribution in [0.15, 0.2) is 59.3 Å². The van der Waals surface area contributed by atoms with Gasteiger partial charge in [-0.3, -0.25) is 4.79 Å². The molecule has 0 N–H and O–H groups in total. The number of carbonyl (C=O) groups is 1. The molecule has 0 bridgehead atoms. The topological polar surface area (TPSA) is 55.6 Å². The van der Waals surface area contributed by atoms with E-state index in [0.717, 1.165) is 36.6 Å². The van der Waals surface area contributed by atoms with Crippen molar-refractivity contribution in [3.05, 3.63) is 76.1 Å². The molecule has 4 rings (SSSR count). The molecule has 2 aromatic heterocycles. The average Bonchev–Trinajstić information content (AvgIpc) is 3.45. The van der Waals surface area contributed by atoms with E-state index in [-0.39, 0.29) is 12.0 Å². The highest BCUT2D eigenvalue weighted by Gasteiger charge is 2.25. The van der Waals surface area contributed by atoms with Gasteiger partial charge in [0.15, 0.2) is 0 Å². The van der Waals surface area contributed by atoms with Crippen LogP contribution in [0.3, 0.4) is 0 Å². The third-order valence-corrected chi connectivity index (χ3v) is 5.61. The Kier molecular flexibility index (Phi) is 5.65. The molecule has 0 spiro atoms. The van der Waals surface area contributed by atoms with E-state index in [1.165, 1.54) is 16.9 Å². The van der Waals surface area contributed by atoms with Crippen molar-refractivity contribution in [2.45, 2.75) is 31.9 Å². The average molecular weight is 382 g/mol. The summed E-state index contributed by atoms with van der Waals surface area (Å²) in [6.07, 6.45) is 6.20. The molecule has 1 saturated heterocycles. The molecule has 27 heavy (non-hydrogen) atoms. The Hall–Kier alpha value is -2.44. The number of aromatic nitrogens is 1. The smallest absolute Gasteiger partial charge is 0.266 e. The maximum atomic E-state index is 13.1. The van der Waals surface area contributed by atoms with E-state index < -0.39 is 0 Å². The predicted octanol–water partition coefficient (Wildman–Crippen LogP) is 4.15. The Morgan fingerprint density at radius 2 is 2.11 bits per heavy atom. The zero-order chi connectivity index (χ0) is 18.5.